The molecule has 0 spiro atoms. The number of hydrogen-bond acceptors (Lipinski definition) is 5. The summed E-state index contributed by atoms with van der Waals surface area (Å²) in [7, 11) is 2.94. The van der Waals surface area contributed by atoms with E-state index >= 15 is 0 Å². The standard InChI is InChI=1S/C18H19F2N3O4/c1-22(11-13-3-5-14(19)10-15(13)20)18(24)12-4-6-16(21-7-8-27-2)17(9-12)23(25)26/h3-6,9-10,21H,7-8,11H2,1-2H3. The summed E-state index contributed by atoms with van der Waals surface area (Å²) in [6.07, 6.45) is 0. The number of nitro benzene ring substituents is 1. The van der Waals surface area contributed by atoms with Gasteiger partial charge in [0.1, 0.15) is 17.3 Å². The van der Waals surface area contributed by atoms with Crippen molar-refractivity contribution in [2.75, 3.05) is 32.6 Å². The zero-order chi connectivity index (χ0) is 20.0. The van der Waals surface area contributed by atoms with E-state index in [4.69, 9.17) is 4.74 Å². The molecule has 0 aliphatic rings. The maximum Gasteiger partial charge on any atom is 0.293 e. The first kappa shape index (κ1) is 20.2. The number of nitrogens with one attached hydrogen (secondary N) is 1. The summed E-state index contributed by atoms with van der Waals surface area (Å²) in [6, 6.07) is 7.13. The number of benzene rings is 2. The number of rotatable bonds is 8. The molecule has 0 bridgehead atoms. The average molecular weight is 379 g/mol. The van der Waals surface area contributed by atoms with E-state index < -0.39 is 22.5 Å². The third-order valence-electron chi connectivity index (χ3n) is 3.83. The van der Waals surface area contributed by atoms with Gasteiger partial charge in [0, 0.05) is 50.5 Å². The first-order valence-electron chi connectivity index (χ1n) is 8.04. The van der Waals surface area contributed by atoms with E-state index in [1.165, 1.54) is 37.3 Å². The molecule has 0 radical (unpaired) electrons. The number of carbonyl (C=O) groups is 1. The number of nitrogens with zero attached hydrogens (tertiary/aromatic N) is 2. The van der Waals surface area contributed by atoms with Gasteiger partial charge in [-0.3, -0.25) is 14.9 Å². The van der Waals surface area contributed by atoms with Gasteiger partial charge < -0.3 is 15.0 Å². The minimum atomic E-state index is -0.765. The molecule has 7 nitrogen and oxygen atoms in total. The van der Waals surface area contributed by atoms with Crippen LogP contribution >= 0.6 is 0 Å². The summed E-state index contributed by atoms with van der Waals surface area (Å²) in [6.45, 7) is 0.630. The van der Waals surface area contributed by atoms with Crippen LogP contribution in [0.4, 0.5) is 20.2 Å². The molecule has 0 saturated carbocycles. The molecular weight excluding hydrogens is 360 g/mol. The van der Waals surface area contributed by atoms with E-state index in [9.17, 15) is 23.7 Å². The maximum absolute atomic E-state index is 13.8. The van der Waals surface area contributed by atoms with Crippen molar-refractivity contribution in [3.05, 3.63) is 69.3 Å². The molecule has 0 atom stereocenters. The Morgan fingerprint density at radius 2 is 2.00 bits per heavy atom. The molecule has 2 aromatic carbocycles. The second kappa shape index (κ2) is 9.04. The quantitative estimate of drug-likeness (QED) is 0.433. The Labute approximate surface area is 154 Å². The summed E-state index contributed by atoms with van der Waals surface area (Å²) in [5.41, 5.74) is 0.239. The van der Waals surface area contributed by atoms with Gasteiger partial charge in [0.25, 0.3) is 11.6 Å². The van der Waals surface area contributed by atoms with Crippen molar-refractivity contribution in [3.63, 3.8) is 0 Å². The second-order valence-corrected chi connectivity index (χ2v) is 5.81. The lowest BCUT2D eigenvalue weighted by Crippen LogP contribution is -2.26. The van der Waals surface area contributed by atoms with Crippen LogP contribution in [0.15, 0.2) is 36.4 Å². The smallest absolute Gasteiger partial charge is 0.293 e. The fraction of sp³-hybridized carbons (Fsp3) is 0.278. The Balaban J connectivity index is 2.19. The number of carbonyl (C=O) groups excluding carboxylic acids is 1. The molecule has 0 aliphatic heterocycles. The van der Waals surface area contributed by atoms with Crippen LogP contribution in [0.1, 0.15) is 15.9 Å². The fourth-order valence-corrected chi connectivity index (χ4v) is 2.45. The van der Waals surface area contributed by atoms with Crippen LogP contribution < -0.4 is 5.32 Å². The lowest BCUT2D eigenvalue weighted by molar-refractivity contribution is -0.384. The number of anilines is 1. The molecule has 0 unspecified atom stereocenters. The van der Waals surface area contributed by atoms with Crippen molar-refractivity contribution in [1.29, 1.82) is 0 Å². The van der Waals surface area contributed by atoms with Gasteiger partial charge in [-0.15, -0.1) is 0 Å². The number of methoxy groups -OCH3 is 1. The molecule has 144 valence electrons. The Bertz CT molecular complexity index is 845. The van der Waals surface area contributed by atoms with E-state index in [-0.39, 0.29) is 29.0 Å². The van der Waals surface area contributed by atoms with Crippen LogP contribution in [0, 0.1) is 21.7 Å². The highest BCUT2D eigenvalue weighted by molar-refractivity contribution is 5.95. The monoisotopic (exact) mass is 379 g/mol. The molecule has 0 aromatic heterocycles. The highest BCUT2D eigenvalue weighted by Gasteiger charge is 2.20. The van der Waals surface area contributed by atoms with E-state index in [1.807, 2.05) is 0 Å². The van der Waals surface area contributed by atoms with Crippen molar-refractivity contribution in [2.24, 2.45) is 0 Å². The molecule has 1 N–H and O–H groups in total. The number of hydrogen-bond donors (Lipinski definition) is 1. The molecule has 1 amide bonds. The maximum atomic E-state index is 13.8. The van der Waals surface area contributed by atoms with Gasteiger partial charge in [-0.1, -0.05) is 6.07 Å². The summed E-state index contributed by atoms with van der Waals surface area (Å²) in [5.74, 6) is -2.00. The normalized spacial score (nSPS) is 10.5. The second-order valence-electron chi connectivity index (χ2n) is 5.81. The van der Waals surface area contributed by atoms with Gasteiger partial charge in [0.2, 0.25) is 0 Å². The molecule has 0 saturated heterocycles. The van der Waals surface area contributed by atoms with Crippen molar-refractivity contribution < 1.29 is 23.2 Å². The Morgan fingerprint density at radius 1 is 1.26 bits per heavy atom. The Kier molecular flexibility index (Phi) is 6.78. The molecule has 2 rings (SSSR count). The van der Waals surface area contributed by atoms with Crippen LogP contribution in [0.25, 0.3) is 0 Å². The van der Waals surface area contributed by atoms with E-state index in [1.54, 1.807) is 0 Å². The van der Waals surface area contributed by atoms with Gasteiger partial charge >= 0.3 is 0 Å². The van der Waals surface area contributed by atoms with Gasteiger partial charge in [0.15, 0.2) is 0 Å². The van der Waals surface area contributed by atoms with Gasteiger partial charge in [-0.2, -0.15) is 0 Å². The molecule has 0 fully saturated rings. The van der Waals surface area contributed by atoms with E-state index in [2.05, 4.69) is 5.32 Å². The highest BCUT2D eigenvalue weighted by atomic mass is 19.1. The molecule has 9 heteroatoms. The zero-order valence-electron chi connectivity index (χ0n) is 14.9. The summed E-state index contributed by atoms with van der Waals surface area (Å²) < 4.78 is 31.6. The lowest BCUT2D eigenvalue weighted by atomic mass is 10.1. The van der Waals surface area contributed by atoms with Crippen molar-refractivity contribution in [2.45, 2.75) is 6.54 Å². The van der Waals surface area contributed by atoms with Crippen LogP contribution in [0.2, 0.25) is 0 Å². The average Bonchev–Trinajstić information content (AvgIpc) is 2.63. The Morgan fingerprint density at radius 3 is 2.63 bits per heavy atom. The highest BCUT2D eigenvalue weighted by Crippen LogP contribution is 2.26. The summed E-state index contributed by atoms with van der Waals surface area (Å²) in [4.78, 5) is 24.4. The fourth-order valence-electron chi connectivity index (χ4n) is 2.45. The summed E-state index contributed by atoms with van der Waals surface area (Å²) in [5, 5.41) is 14.2. The third kappa shape index (κ3) is 5.20. The molecular formula is C18H19F2N3O4. The SMILES string of the molecule is COCCNc1ccc(C(=O)N(C)Cc2ccc(F)cc2F)cc1[N+](=O)[O-]. The molecule has 0 aliphatic carbocycles. The van der Waals surface area contributed by atoms with Gasteiger partial charge in [-0.05, 0) is 18.2 Å². The summed E-state index contributed by atoms with van der Waals surface area (Å²) >= 11 is 0. The number of halogens is 2. The van der Waals surface area contributed by atoms with E-state index in [0.717, 1.165) is 18.2 Å². The molecule has 0 heterocycles. The minimum absolute atomic E-state index is 0.0870. The minimum Gasteiger partial charge on any atom is -0.383 e. The van der Waals surface area contributed by atoms with Gasteiger partial charge in [-0.25, -0.2) is 8.78 Å². The van der Waals surface area contributed by atoms with E-state index in [0.29, 0.717) is 13.2 Å². The van der Waals surface area contributed by atoms with Gasteiger partial charge in [0.05, 0.1) is 11.5 Å². The first-order chi connectivity index (χ1) is 12.8. The zero-order valence-corrected chi connectivity index (χ0v) is 14.9. The first-order valence-corrected chi connectivity index (χ1v) is 8.04. The number of ether oxygens (including phenoxy) is 1. The number of nitro groups is 1. The predicted molar refractivity (Wildman–Crippen MR) is 95.6 cm³/mol. The Hall–Kier alpha value is -3.07. The lowest BCUT2D eigenvalue weighted by Gasteiger charge is -2.18. The van der Waals surface area contributed by atoms with Crippen molar-refractivity contribution in [3.8, 4) is 0 Å². The largest absolute Gasteiger partial charge is 0.383 e. The molecule has 27 heavy (non-hydrogen) atoms. The predicted octanol–water partition coefficient (Wildman–Crippen LogP) is 3.20. The van der Waals surface area contributed by atoms with Crippen LogP contribution in [0.3, 0.4) is 0 Å². The topological polar surface area (TPSA) is 84.7 Å². The number of amides is 1. The van der Waals surface area contributed by atoms with Crippen LogP contribution in [0.5, 0.6) is 0 Å². The van der Waals surface area contributed by atoms with Crippen LogP contribution in [-0.2, 0) is 11.3 Å². The third-order valence-corrected chi connectivity index (χ3v) is 3.83. The van der Waals surface area contributed by atoms with Crippen molar-refractivity contribution >= 4 is 17.3 Å². The van der Waals surface area contributed by atoms with Crippen LogP contribution in [-0.4, -0.2) is 43.0 Å². The molecule has 2 aromatic rings. The van der Waals surface area contributed by atoms with Crippen molar-refractivity contribution in [1.82, 2.24) is 4.90 Å².